The molecule has 1 aromatic rings. The summed E-state index contributed by atoms with van der Waals surface area (Å²) in [4.78, 5) is 12.0. The molecule has 0 saturated heterocycles. The molecule has 19 heavy (non-hydrogen) atoms. The van der Waals surface area contributed by atoms with Crippen molar-refractivity contribution >= 4 is 11.7 Å². The standard InChI is InChI=1S/C15H21NO3/c1-18-14-8-12(7-13(16)9-14)15(17)19-10-11-5-3-2-4-6-11/h7-9,11H,2-6,10,16H2,1H3. The van der Waals surface area contributed by atoms with E-state index in [4.69, 9.17) is 15.2 Å². The third-order valence-electron chi connectivity index (χ3n) is 3.58. The molecule has 4 nitrogen and oxygen atoms in total. The van der Waals surface area contributed by atoms with Crippen molar-refractivity contribution in [3.63, 3.8) is 0 Å². The largest absolute Gasteiger partial charge is 0.497 e. The number of benzene rings is 1. The van der Waals surface area contributed by atoms with E-state index in [9.17, 15) is 4.79 Å². The highest BCUT2D eigenvalue weighted by atomic mass is 16.5. The van der Waals surface area contributed by atoms with Gasteiger partial charge in [-0.15, -0.1) is 0 Å². The molecule has 0 unspecified atom stereocenters. The van der Waals surface area contributed by atoms with Crippen molar-refractivity contribution in [2.24, 2.45) is 5.92 Å². The van der Waals surface area contributed by atoms with Crippen LogP contribution in [-0.2, 0) is 4.74 Å². The summed E-state index contributed by atoms with van der Waals surface area (Å²) >= 11 is 0. The molecule has 1 saturated carbocycles. The SMILES string of the molecule is COc1cc(N)cc(C(=O)OCC2CCCCC2)c1. The maximum atomic E-state index is 12.0. The van der Waals surface area contributed by atoms with Crippen molar-refractivity contribution in [3.8, 4) is 5.75 Å². The van der Waals surface area contributed by atoms with Crippen molar-refractivity contribution in [3.05, 3.63) is 23.8 Å². The number of nitrogens with two attached hydrogens (primary N) is 1. The molecule has 0 atom stereocenters. The molecule has 4 heteroatoms. The van der Waals surface area contributed by atoms with Gasteiger partial charge >= 0.3 is 5.97 Å². The fourth-order valence-electron chi connectivity index (χ4n) is 2.49. The zero-order valence-corrected chi connectivity index (χ0v) is 11.4. The third-order valence-corrected chi connectivity index (χ3v) is 3.58. The van der Waals surface area contributed by atoms with E-state index in [1.807, 2.05) is 0 Å². The van der Waals surface area contributed by atoms with Gasteiger partial charge in [0.25, 0.3) is 0 Å². The zero-order valence-electron chi connectivity index (χ0n) is 11.4. The minimum Gasteiger partial charge on any atom is -0.497 e. The Morgan fingerprint density at radius 3 is 2.68 bits per heavy atom. The minimum atomic E-state index is -0.323. The lowest BCUT2D eigenvalue weighted by Gasteiger charge is -2.21. The van der Waals surface area contributed by atoms with Crippen molar-refractivity contribution < 1.29 is 14.3 Å². The van der Waals surface area contributed by atoms with Gasteiger partial charge in [-0.3, -0.25) is 0 Å². The van der Waals surface area contributed by atoms with E-state index in [1.165, 1.54) is 19.3 Å². The number of ether oxygens (including phenoxy) is 2. The number of carbonyl (C=O) groups excluding carboxylic acids is 1. The van der Waals surface area contributed by atoms with Crippen molar-refractivity contribution in [1.29, 1.82) is 0 Å². The maximum Gasteiger partial charge on any atom is 0.338 e. The predicted octanol–water partition coefficient (Wildman–Crippen LogP) is 3.01. The average molecular weight is 263 g/mol. The Labute approximate surface area is 113 Å². The van der Waals surface area contributed by atoms with E-state index < -0.39 is 0 Å². The third kappa shape index (κ3) is 3.88. The van der Waals surface area contributed by atoms with Crippen LogP contribution in [0.4, 0.5) is 5.69 Å². The van der Waals surface area contributed by atoms with E-state index in [-0.39, 0.29) is 5.97 Å². The summed E-state index contributed by atoms with van der Waals surface area (Å²) in [6.07, 6.45) is 6.11. The second-order valence-electron chi connectivity index (χ2n) is 5.10. The number of hydrogen-bond acceptors (Lipinski definition) is 4. The summed E-state index contributed by atoms with van der Waals surface area (Å²) in [6, 6.07) is 4.95. The van der Waals surface area contributed by atoms with E-state index in [1.54, 1.807) is 25.3 Å². The molecule has 2 rings (SSSR count). The predicted molar refractivity (Wildman–Crippen MR) is 74.3 cm³/mol. The van der Waals surface area contributed by atoms with Crippen LogP contribution in [0.3, 0.4) is 0 Å². The molecule has 0 bridgehead atoms. The lowest BCUT2D eigenvalue weighted by molar-refractivity contribution is 0.0410. The molecule has 104 valence electrons. The van der Waals surface area contributed by atoms with Crippen molar-refractivity contribution in [2.75, 3.05) is 19.5 Å². The van der Waals surface area contributed by atoms with Gasteiger partial charge in [-0.05, 0) is 30.9 Å². The molecule has 1 fully saturated rings. The second-order valence-corrected chi connectivity index (χ2v) is 5.10. The molecule has 2 N–H and O–H groups in total. The number of hydrogen-bond donors (Lipinski definition) is 1. The van der Waals surface area contributed by atoms with Gasteiger partial charge in [-0.1, -0.05) is 19.3 Å². The van der Waals surface area contributed by atoms with Crippen LogP contribution in [0.5, 0.6) is 5.75 Å². The number of carbonyl (C=O) groups is 1. The summed E-state index contributed by atoms with van der Waals surface area (Å²) in [6.45, 7) is 0.510. The molecule has 0 spiro atoms. The summed E-state index contributed by atoms with van der Waals surface area (Å²) in [7, 11) is 1.55. The van der Waals surface area contributed by atoms with Crippen LogP contribution in [0.25, 0.3) is 0 Å². The Hall–Kier alpha value is -1.71. The average Bonchev–Trinajstić information content (AvgIpc) is 2.45. The quantitative estimate of drug-likeness (QED) is 0.670. The number of rotatable bonds is 4. The minimum absolute atomic E-state index is 0.323. The molecule has 1 aromatic carbocycles. The van der Waals surface area contributed by atoms with Gasteiger partial charge in [0.05, 0.1) is 19.3 Å². The fraction of sp³-hybridized carbons (Fsp3) is 0.533. The molecule has 0 aliphatic heterocycles. The fourth-order valence-corrected chi connectivity index (χ4v) is 2.49. The summed E-state index contributed by atoms with van der Waals surface area (Å²) in [5.74, 6) is 0.765. The van der Waals surface area contributed by atoms with Crippen LogP contribution in [0.2, 0.25) is 0 Å². The van der Waals surface area contributed by atoms with Gasteiger partial charge in [0, 0.05) is 11.8 Å². The topological polar surface area (TPSA) is 61.5 Å². The maximum absolute atomic E-state index is 12.0. The van der Waals surface area contributed by atoms with Gasteiger partial charge in [-0.2, -0.15) is 0 Å². The van der Waals surface area contributed by atoms with Crippen LogP contribution in [0.15, 0.2) is 18.2 Å². The molecule has 0 amide bonds. The first-order valence-corrected chi connectivity index (χ1v) is 6.80. The first-order valence-electron chi connectivity index (χ1n) is 6.80. The van der Waals surface area contributed by atoms with E-state index in [0.717, 1.165) is 12.8 Å². The highest BCUT2D eigenvalue weighted by Crippen LogP contribution is 2.24. The van der Waals surface area contributed by atoms with Crippen LogP contribution < -0.4 is 10.5 Å². The summed E-state index contributed by atoms with van der Waals surface area (Å²) < 4.78 is 10.5. The molecule has 0 heterocycles. The van der Waals surface area contributed by atoms with Gasteiger partial charge < -0.3 is 15.2 Å². The molecule has 1 aliphatic carbocycles. The summed E-state index contributed by atoms with van der Waals surface area (Å²) in [5, 5.41) is 0. The number of esters is 1. The first-order chi connectivity index (χ1) is 9.19. The van der Waals surface area contributed by atoms with E-state index >= 15 is 0 Å². The van der Waals surface area contributed by atoms with Gasteiger partial charge in [0.15, 0.2) is 0 Å². The van der Waals surface area contributed by atoms with E-state index in [0.29, 0.717) is 29.5 Å². The highest BCUT2D eigenvalue weighted by Gasteiger charge is 2.16. The molecule has 0 aromatic heterocycles. The Bertz CT molecular complexity index is 439. The number of anilines is 1. The van der Waals surface area contributed by atoms with Crippen molar-refractivity contribution in [1.82, 2.24) is 0 Å². The van der Waals surface area contributed by atoms with Crippen LogP contribution >= 0.6 is 0 Å². The lowest BCUT2D eigenvalue weighted by atomic mass is 9.90. The first kappa shape index (κ1) is 13.7. The normalized spacial score (nSPS) is 16.1. The number of methoxy groups -OCH3 is 1. The Kier molecular flexibility index (Phi) is 4.66. The zero-order chi connectivity index (χ0) is 13.7. The smallest absolute Gasteiger partial charge is 0.338 e. The molecular formula is C15H21NO3. The van der Waals surface area contributed by atoms with Crippen molar-refractivity contribution in [2.45, 2.75) is 32.1 Å². The van der Waals surface area contributed by atoms with Gasteiger partial charge in [0.1, 0.15) is 5.75 Å². The molecule has 1 aliphatic rings. The molecule has 0 radical (unpaired) electrons. The summed E-state index contributed by atoms with van der Waals surface area (Å²) in [5.41, 5.74) is 6.68. The second kappa shape index (κ2) is 6.45. The highest BCUT2D eigenvalue weighted by molar-refractivity contribution is 5.91. The Morgan fingerprint density at radius 2 is 2.00 bits per heavy atom. The van der Waals surface area contributed by atoms with Crippen LogP contribution in [0, 0.1) is 5.92 Å². The van der Waals surface area contributed by atoms with Crippen LogP contribution in [0.1, 0.15) is 42.5 Å². The number of nitrogen functional groups attached to an aromatic ring is 1. The van der Waals surface area contributed by atoms with Gasteiger partial charge in [0.2, 0.25) is 0 Å². The van der Waals surface area contributed by atoms with Crippen LogP contribution in [-0.4, -0.2) is 19.7 Å². The van der Waals surface area contributed by atoms with E-state index in [2.05, 4.69) is 0 Å². The van der Waals surface area contributed by atoms with Gasteiger partial charge in [-0.25, -0.2) is 4.79 Å². The Balaban J connectivity index is 1.93. The Morgan fingerprint density at radius 1 is 1.26 bits per heavy atom. The molecular weight excluding hydrogens is 242 g/mol. The lowest BCUT2D eigenvalue weighted by Crippen LogP contribution is -2.17. The monoisotopic (exact) mass is 263 g/mol.